The zero-order chi connectivity index (χ0) is 23.6. The highest BCUT2D eigenvalue weighted by molar-refractivity contribution is 7.99. The van der Waals surface area contributed by atoms with E-state index in [9.17, 15) is 13.2 Å². The molecule has 1 fully saturated rings. The van der Waals surface area contributed by atoms with E-state index < -0.39 is 10.0 Å². The number of thioether (sulfide) groups is 1. The van der Waals surface area contributed by atoms with E-state index in [1.165, 1.54) is 11.8 Å². The molecule has 0 saturated carbocycles. The van der Waals surface area contributed by atoms with Crippen LogP contribution in [0.15, 0.2) is 58.5 Å². The summed E-state index contributed by atoms with van der Waals surface area (Å²) in [7, 11) is -3.51. The first-order valence-electron chi connectivity index (χ1n) is 11.1. The van der Waals surface area contributed by atoms with E-state index in [2.05, 4.69) is 17.2 Å². The van der Waals surface area contributed by atoms with Crippen LogP contribution in [0.4, 0.5) is 5.69 Å². The normalized spacial score (nSPS) is 15.6. The molecule has 2 heterocycles. The summed E-state index contributed by atoms with van der Waals surface area (Å²) < 4.78 is 27.8. The van der Waals surface area contributed by atoms with E-state index >= 15 is 0 Å². The molecule has 1 amide bonds. The molecular weight excluding hydrogens is 454 g/mol. The second-order valence-electron chi connectivity index (χ2n) is 8.75. The predicted octanol–water partition coefficient (Wildman–Crippen LogP) is 5.00. The Labute approximate surface area is 199 Å². The number of carbonyl (C=O) groups is 1. The number of benzene rings is 2. The predicted molar refractivity (Wildman–Crippen MR) is 134 cm³/mol. The van der Waals surface area contributed by atoms with Gasteiger partial charge >= 0.3 is 0 Å². The van der Waals surface area contributed by atoms with Crippen molar-refractivity contribution in [2.45, 2.75) is 43.5 Å². The zero-order valence-electron chi connectivity index (χ0n) is 19.2. The summed E-state index contributed by atoms with van der Waals surface area (Å²) in [5.41, 5.74) is 3.53. The minimum Gasteiger partial charge on any atom is -0.325 e. The second kappa shape index (κ2) is 9.83. The van der Waals surface area contributed by atoms with Crippen molar-refractivity contribution >= 4 is 44.3 Å². The smallest absolute Gasteiger partial charge is 0.243 e. The number of nitrogens with zero attached hydrogens (tertiary/aromatic N) is 2. The molecule has 0 bridgehead atoms. The number of pyridine rings is 1. The molecule has 1 aliphatic rings. The molecule has 8 heteroatoms. The molecule has 4 rings (SSSR count). The average molecular weight is 484 g/mol. The molecule has 1 N–H and O–H groups in total. The molecule has 174 valence electrons. The lowest BCUT2D eigenvalue weighted by atomic mass is 10.0. The van der Waals surface area contributed by atoms with Crippen LogP contribution in [0.1, 0.15) is 30.9 Å². The van der Waals surface area contributed by atoms with Crippen LogP contribution >= 0.6 is 11.8 Å². The van der Waals surface area contributed by atoms with Crippen LogP contribution in [0.5, 0.6) is 0 Å². The highest BCUT2D eigenvalue weighted by atomic mass is 32.2. The Kier molecular flexibility index (Phi) is 7.07. The Morgan fingerprint density at radius 1 is 1.12 bits per heavy atom. The fourth-order valence-corrected chi connectivity index (χ4v) is 6.28. The highest BCUT2D eigenvalue weighted by Gasteiger charge is 2.28. The Hall–Kier alpha value is -2.42. The molecule has 3 aromatic rings. The highest BCUT2D eigenvalue weighted by Crippen LogP contribution is 2.29. The summed E-state index contributed by atoms with van der Waals surface area (Å²) in [5, 5.41) is 4.45. The lowest BCUT2D eigenvalue weighted by molar-refractivity contribution is -0.113. The van der Waals surface area contributed by atoms with Crippen LogP contribution in [0, 0.1) is 19.8 Å². The fraction of sp³-hybridized carbons (Fsp3) is 0.360. The van der Waals surface area contributed by atoms with Crippen LogP contribution in [0.3, 0.4) is 0 Å². The van der Waals surface area contributed by atoms with Crippen LogP contribution < -0.4 is 5.32 Å². The van der Waals surface area contributed by atoms with E-state index in [4.69, 9.17) is 0 Å². The van der Waals surface area contributed by atoms with Crippen LogP contribution in [-0.2, 0) is 14.8 Å². The van der Waals surface area contributed by atoms with Gasteiger partial charge in [-0.3, -0.25) is 4.79 Å². The number of hydrogen-bond acceptors (Lipinski definition) is 5. The van der Waals surface area contributed by atoms with Gasteiger partial charge in [0, 0.05) is 24.2 Å². The van der Waals surface area contributed by atoms with Crippen LogP contribution in [0.25, 0.3) is 10.9 Å². The first kappa shape index (κ1) is 23.7. The van der Waals surface area contributed by atoms with Gasteiger partial charge in [0.15, 0.2) is 0 Å². The van der Waals surface area contributed by atoms with Crippen molar-refractivity contribution in [1.29, 1.82) is 0 Å². The first-order valence-corrected chi connectivity index (χ1v) is 13.6. The third-order valence-corrected chi connectivity index (χ3v) is 8.80. The van der Waals surface area contributed by atoms with Crippen molar-refractivity contribution in [3.63, 3.8) is 0 Å². The number of aromatic nitrogens is 1. The second-order valence-corrected chi connectivity index (χ2v) is 11.7. The minimum atomic E-state index is -3.51. The van der Waals surface area contributed by atoms with Gasteiger partial charge in [0.25, 0.3) is 0 Å². The maximum Gasteiger partial charge on any atom is 0.243 e. The lowest BCUT2D eigenvalue weighted by Gasteiger charge is -2.29. The number of rotatable bonds is 6. The summed E-state index contributed by atoms with van der Waals surface area (Å²) in [5.74, 6) is 0.711. The fourth-order valence-electron chi connectivity index (χ4n) is 4.01. The van der Waals surface area contributed by atoms with Crippen LogP contribution in [-0.4, -0.2) is 42.5 Å². The van der Waals surface area contributed by atoms with Gasteiger partial charge < -0.3 is 5.32 Å². The number of anilines is 1. The van der Waals surface area contributed by atoms with Crippen molar-refractivity contribution in [1.82, 2.24) is 9.29 Å². The molecule has 0 spiro atoms. The molecule has 6 nitrogen and oxygen atoms in total. The van der Waals surface area contributed by atoms with Gasteiger partial charge in [-0.15, -0.1) is 0 Å². The van der Waals surface area contributed by atoms with Gasteiger partial charge in [0.05, 0.1) is 21.2 Å². The molecule has 0 radical (unpaired) electrons. The number of carbonyl (C=O) groups excluding carboxylic acids is 1. The maximum atomic E-state index is 13.1. The van der Waals surface area contributed by atoms with Gasteiger partial charge in [-0.2, -0.15) is 4.31 Å². The van der Waals surface area contributed by atoms with Crippen molar-refractivity contribution in [2.75, 3.05) is 24.2 Å². The third kappa shape index (κ3) is 5.57. The van der Waals surface area contributed by atoms with Gasteiger partial charge in [0.2, 0.25) is 15.9 Å². The number of fused-ring (bicyclic) bond motifs is 1. The summed E-state index contributed by atoms with van der Waals surface area (Å²) in [6, 6.07) is 14.7. The SMILES string of the molecule is Cc1cccc(NC(=O)CSc2cc(C)c3cc(S(=O)(=O)N4CCC(C)CC4)ccc3n2)c1. The monoisotopic (exact) mass is 483 g/mol. The third-order valence-electron chi connectivity index (χ3n) is 6.00. The molecular formula is C25H29N3O3S2. The van der Waals surface area contributed by atoms with Gasteiger partial charge in [0.1, 0.15) is 0 Å². The maximum absolute atomic E-state index is 13.1. The molecule has 0 atom stereocenters. The largest absolute Gasteiger partial charge is 0.325 e. The molecule has 1 saturated heterocycles. The summed E-state index contributed by atoms with van der Waals surface area (Å²) in [4.78, 5) is 17.3. The van der Waals surface area contributed by atoms with Crippen molar-refractivity contribution in [3.05, 3.63) is 59.7 Å². The summed E-state index contributed by atoms with van der Waals surface area (Å²) in [6.07, 6.45) is 1.79. The average Bonchev–Trinajstić information content (AvgIpc) is 2.78. The topological polar surface area (TPSA) is 79.4 Å². The van der Waals surface area contributed by atoms with Gasteiger partial charge in [-0.1, -0.05) is 30.8 Å². The Bertz CT molecular complexity index is 1280. The van der Waals surface area contributed by atoms with E-state index in [0.29, 0.717) is 23.9 Å². The van der Waals surface area contributed by atoms with Crippen molar-refractivity contribution in [3.8, 4) is 0 Å². The number of sulfonamides is 1. The first-order chi connectivity index (χ1) is 15.7. The molecule has 0 aliphatic carbocycles. The quantitative estimate of drug-likeness (QED) is 0.499. The van der Waals surface area contributed by atoms with Crippen molar-refractivity contribution in [2.24, 2.45) is 5.92 Å². The van der Waals surface area contributed by atoms with Crippen molar-refractivity contribution < 1.29 is 13.2 Å². The molecule has 1 aromatic heterocycles. The van der Waals surface area contributed by atoms with Gasteiger partial charge in [-0.05, 0) is 80.1 Å². The molecule has 33 heavy (non-hydrogen) atoms. The number of nitrogens with one attached hydrogen (secondary N) is 1. The van der Waals surface area contributed by atoms with Crippen LogP contribution in [0.2, 0.25) is 0 Å². The number of piperidine rings is 1. The molecule has 2 aromatic carbocycles. The number of hydrogen-bond donors (Lipinski definition) is 1. The molecule has 0 unspecified atom stereocenters. The number of aryl methyl sites for hydroxylation is 2. The lowest BCUT2D eigenvalue weighted by Crippen LogP contribution is -2.37. The van der Waals surface area contributed by atoms with E-state index in [-0.39, 0.29) is 11.7 Å². The summed E-state index contributed by atoms with van der Waals surface area (Å²) >= 11 is 1.36. The van der Waals surface area contributed by atoms with E-state index in [1.54, 1.807) is 22.5 Å². The van der Waals surface area contributed by atoms with E-state index in [0.717, 1.165) is 45.6 Å². The standard InChI is InChI=1S/C25H29N3O3S2/c1-17-9-11-28(12-10-17)33(30,31)21-7-8-23-22(15-21)19(3)14-25(27-23)32-16-24(29)26-20-6-4-5-18(2)13-20/h4-8,13-15,17H,9-12,16H2,1-3H3,(H,26,29). The zero-order valence-corrected chi connectivity index (χ0v) is 20.8. The Morgan fingerprint density at radius 2 is 1.88 bits per heavy atom. The minimum absolute atomic E-state index is 0.0950. The Morgan fingerprint density at radius 3 is 2.61 bits per heavy atom. The van der Waals surface area contributed by atoms with Gasteiger partial charge in [-0.25, -0.2) is 13.4 Å². The Balaban J connectivity index is 1.48. The number of amides is 1. The molecule has 1 aliphatic heterocycles. The summed E-state index contributed by atoms with van der Waals surface area (Å²) in [6.45, 7) is 7.23. The van der Waals surface area contributed by atoms with E-state index in [1.807, 2.05) is 44.2 Å².